The standard InChI is InChI=1S/C16H32N2O/c1-17-16(14-19)10-7-8-15(16)9-13-18-11-5-3-2-4-6-12-18/h15,17,19H,2-14H2,1H3. The third-order valence-corrected chi connectivity index (χ3v) is 5.48. The molecule has 2 N–H and O–H groups in total. The summed E-state index contributed by atoms with van der Waals surface area (Å²) in [5.74, 6) is 0.660. The molecule has 0 aromatic rings. The zero-order valence-corrected chi connectivity index (χ0v) is 12.7. The molecule has 1 aliphatic heterocycles. The van der Waals surface area contributed by atoms with Gasteiger partial charge in [0.2, 0.25) is 0 Å². The molecule has 3 heteroatoms. The zero-order chi connectivity index (χ0) is 13.6. The van der Waals surface area contributed by atoms with Crippen molar-refractivity contribution in [2.75, 3.05) is 33.3 Å². The number of hydrogen-bond donors (Lipinski definition) is 2. The van der Waals surface area contributed by atoms with Crippen LogP contribution >= 0.6 is 0 Å². The van der Waals surface area contributed by atoms with Crippen LogP contribution in [0.5, 0.6) is 0 Å². The van der Waals surface area contributed by atoms with Gasteiger partial charge in [0.1, 0.15) is 0 Å². The highest BCUT2D eigenvalue weighted by atomic mass is 16.3. The van der Waals surface area contributed by atoms with Crippen LogP contribution in [0.4, 0.5) is 0 Å². The summed E-state index contributed by atoms with van der Waals surface area (Å²) in [5, 5.41) is 13.1. The van der Waals surface area contributed by atoms with Gasteiger partial charge in [-0.05, 0) is 64.7 Å². The predicted octanol–water partition coefficient (Wildman–Crippen LogP) is 2.39. The van der Waals surface area contributed by atoms with E-state index in [0.29, 0.717) is 12.5 Å². The number of hydrogen-bond acceptors (Lipinski definition) is 3. The molecule has 1 aliphatic carbocycles. The molecule has 19 heavy (non-hydrogen) atoms. The number of rotatable bonds is 5. The quantitative estimate of drug-likeness (QED) is 0.804. The maximum absolute atomic E-state index is 9.73. The minimum Gasteiger partial charge on any atom is -0.394 e. The van der Waals surface area contributed by atoms with Crippen LogP contribution in [0.3, 0.4) is 0 Å². The van der Waals surface area contributed by atoms with Gasteiger partial charge in [-0.1, -0.05) is 25.7 Å². The van der Waals surface area contributed by atoms with Gasteiger partial charge in [0.15, 0.2) is 0 Å². The minimum absolute atomic E-state index is 0.0166. The van der Waals surface area contributed by atoms with Crippen LogP contribution < -0.4 is 5.32 Å². The second-order valence-corrected chi connectivity index (χ2v) is 6.55. The molecule has 2 rings (SSSR count). The summed E-state index contributed by atoms with van der Waals surface area (Å²) in [4.78, 5) is 2.66. The lowest BCUT2D eigenvalue weighted by Gasteiger charge is -2.35. The molecule has 0 bridgehead atoms. The molecule has 1 heterocycles. The third-order valence-electron chi connectivity index (χ3n) is 5.48. The van der Waals surface area contributed by atoms with Gasteiger partial charge in [-0.2, -0.15) is 0 Å². The first-order chi connectivity index (χ1) is 9.30. The van der Waals surface area contributed by atoms with Crippen LogP contribution in [0.1, 0.15) is 57.8 Å². The number of nitrogens with one attached hydrogen (secondary N) is 1. The number of aliphatic hydroxyl groups is 1. The largest absolute Gasteiger partial charge is 0.394 e. The Morgan fingerprint density at radius 3 is 2.42 bits per heavy atom. The molecule has 0 spiro atoms. The maximum atomic E-state index is 9.73. The van der Waals surface area contributed by atoms with E-state index in [0.717, 1.165) is 6.42 Å². The SMILES string of the molecule is CNC1(CO)CCCC1CCN1CCCCCCC1. The molecular formula is C16H32N2O. The van der Waals surface area contributed by atoms with E-state index in [2.05, 4.69) is 10.2 Å². The Balaban J connectivity index is 1.80. The number of nitrogens with zero attached hydrogens (tertiary/aromatic N) is 1. The summed E-state index contributed by atoms with van der Waals surface area (Å²) in [5.41, 5.74) is 0.0166. The van der Waals surface area contributed by atoms with Crippen LogP contribution in [0.25, 0.3) is 0 Å². The molecular weight excluding hydrogens is 236 g/mol. The van der Waals surface area contributed by atoms with Crippen molar-refractivity contribution >= 4 is 0 Å². The van der Waals surface area contributed by atoms with Gasteiger partial charge in [-0.15, -0.1) is 0 Å². The predicted molar refractivity (Wildman–Crippen MR) is 80.4 cm³/mol. The van der Waals surface area contributed by atoms with Gasteiger partial charge < -0.3 is 15.3 Å². The number of likely N-dealkylation sites (tertiary alicyclic amines) is 1. The lowest BCUT2D eigenvalue weighted by molar-refractivity contribution is 0.116. The summed E-state index contributed by atoms with van der Waals surface area (Å²) in [6.45, 7) is 4.11. The second-order valence-electron chi connectivity index (χ2n) is 6.55. The van der Waals surface area contributed by atoms with Crippen molar-refractivity contribution in [3.63, 3.8) is 0 Å². The summed E-state index contributed by atoms with van der Waals surface area (Å²) >= 11 is 0. The van der Waals surface area contributed by atoms with E-state index in [1.165, 1.54) is 71.0 Å². The van der Waals surface area contributed by atoms with Gasteiger partial charge >= 0.3 is 0 Å². The molecule has 2 aliphatic rings. The van der Waals surface area contributed by atoms with Crippen molar-refractivity contribution in [2.45, 2.75) is 63.3 Å². The summed E-state index contributed by atoms with van der Waals surface area (Å²) in [7, 11) is 2.02. The van der Waals surface area contributed by atoms with Crippen LogP contribution in [0.15, 0.2) is 0 Å². The lowest BCUT2D eigenvalue weighted by Crippen LogP contribution is -2.50. The average Bonchev–Trinajstić information content (AvgIpc) is 2.81. The van der Waals surface area contributed by atoms with Gasteiger partial charge in [-0.25, -0.2) is 0 Å². The van der Waals surface area contributed by atoms with Crippen LogP contribution in [0, 0.1) is 5.92 Å². The molecule has 0 radical (unpaired) electrons. The third kappa shape index (κ3) is 3.93. The summed E-state index contributed by atoms with van der Waals surface area (Å²) < 4.78 is 0. The Hall–Kier alpha value is -0.120. The maximum Gasteiger partial charge on any atom is 0.0615 e. The van der Waals surface area contributed by atoms with Crippen molar-refractivity contribution < 1.29 is 5.11 Å². The molecule has 112 valence electrons. The molecule has 0 aromatic heterocycles. The summed E-state index contributed by atoms with van der Waals surface area (Å²) in [6, 6.07) is 0. The van der Waals surface area contributed by atoms with Crippen molar-refractivity contribution in [3.8, 4) is 0 Å². The van der Waals surface area contributed by atoms with E-state index < -0.39 is 0 Å². The molecule has 1 saturated carbocycles. The molecule has 2 unspecified atom stereocenters. The van der Waals surface area contributed by atoms with E-state index in [4.69, 9.17) is 0 Å². The Morgan fingerprint density at radius 2 is 1.79 bits per heavy atom. The fraction of sp³-hybridized carbons (Fsp3) is 1.00. The second kappa shape index (κ2) is 7.61. The fourth-order valence-electron chi connectivity index (χ4n) is 4.06. The smallest absolute Gasteiger partial charge is 0.0615 e. The molecule has 1 saturated heterocycles. The zero-order valence-electron chi connectivity index (χ0n) is 12.7. The highest BCUT2D eigenvalue weighted by molar-refractivity contribution is 4.98. The first-order valence-corrected chi connectivity index (χ1v) is 8.33. The molecule has 2 atom stereocenters. The first kappa shape index (κ1) is 15.3. The highest BCUT2D eigenvalue weighted by Gasteiger charge is 2.40. The Morgan fingerprint density at radius 1 is 1.11 bits per heavy atom. The van der Waals surface area contributed by atoms with Crippen LogP contribution in [0.2, 0.25) is 0 Å². The lowest BCUT2D eigenvalue weighted by atomic mass is 9.85. The van der Waals surface area contributed by atoms with E-state index in [1.807, 2.05) is 7.05 Å². The number of likely N-dealkylation sites (N-methyl/N-ethyl adjacent to an activating group) is 1. The first-order valence-electron chi connectivity index (χ1n) is 8.33. The van der Waals surface area contributed by atoms with E-state index >= 15 is 0 Å². The Kier molecular flexibility index (Phi) is 6.11. The number of aliphatic hydroxyl groups excluding tert-OH is 1. The van der Waals surface area contributed by atoms with Gasteiger partial charge in [-0.3, -0.25) is 0 Å². The molecule has 0 aromatic carbocycles. The van der Waals surface area contributed by atoms with Crippen molar-refractivity contribution in [1.29, 1.82) is 0 Å². The molecule has 3 nitrogen and oxygen atoms in total. The molecule has 2 fully saturated rings. The van der Waals surface area contributed by atoms with Gasteiger partial charge in [0.25, 0.3) is 0 Å². The van der Waals surface area contributed by atoms with E-state index in [-0.39, 0.29) is 5.54 Å². The Labute approximate surface area is 118 Å². The van der Waals surface area contributed by atoms with Crippen molar-refractivity contribution in [3.05, 3.63) is 0 Å². The topological polar surface area (TPSA) is 35.5 Å². The van der Waals surface area contributed by atoms with E-state index in [9.17, 15) is 5.11 Å². The minimum atomic E-state index is 0.0166. The van der Waals surface area contributed by atoms with Gasteiger partial charge in [0.05, 0.1) is 6.61 Å². The van der Waals surface area contributed by atoms with Crippen molar-refractivity contribution in [1.82, 2.24) is 10.2 Å². The van der Waals surface area contributed by atoms with Gasteiger partial charge in [0, 0.05) is 5.54 Å². The highest BCUT2D eigenvalue weighted by Crippen LogP contribution is 2.37. The normalized spacial score (nSPS) is 34.1. The fourth-order valence-corrected chi connectivity index (χ4v) is 4.06. The van der Waals surface area contributed by atoms with Crippen LogP contribution in [-0.2, 0) is 0 Å². The van der Waals surface area contributed by atoms with E-state index in [1.54, 1.807) is 0 Å². The average molecular weight is 268 g/mol. The van der Waals surface area contributed by atoms with Crippen molar-refractivity contribution in [2.24, 2.45) is 5.92 Å². The summed E-state index contributed by atoms with van der Waals surface area (Å²) in [6.07, 6.45) is 12.0. The van der Waals surface area contributed by atoms with Crippen LogP contribution in [-0.4, -0.2) is 48.8 Å². The monoisotopic (exact) mass is 268 g/mol. The Bertz CT molecular complexity index is 245. The molecule has 0 amide bonds.